The number of hydrogen-bond donors (Lipinski definition) is 1. The monoisotopic (exact) mass is 690 g/mol. The Bertz CT molecular complexity index is 2110. The van der Waals surface area contributed by atoms with Gasteiger partial charge in [-0.2, -0.15) is 13.2 Å². The molecular formula is C34H33F3N8O3S. The van der Waals surface area contributed by atoms with E-state index in [1.54, 1.807) is 11.4 Å². The highest BCUT2D eigenvalue weighted by Crippen LogP contribution is 2.49. The van der Waals surface area contributed by atoms with E-state index in [0.29, 0.717) is 73.1 Å². The van der Waals surface area contributed by atoms with Crippen LogP contribution < -0.4 is 20.1 Å². The van der Waals surface area contributed by atoms with E-state index in [0.717, 1.165) is 30.7 Å². The van der Waals surface area contributed by atoms with Crippen LogP contribution in [-0.4, -0.2) is 66.8 Å². The first-order valence-corrected chi connectivity index (χ1v) is 16.6. The summed E-state index contributed by atoms with van der Waals surface area (Å²) >= 11 is 5.82. The quantitative estimate of drug-likeness (QED) is 0.176. The van der Waals surface area contributed by atoms with Gasteiger partial charge < -0.3 is 19.5 Å². The number of amides is 1. The van der Waals surface area contributed by atoms with Crippen LogP contribution in [0.15, 0.2) is 41.2 Å². The Labute approximate surface area is 285 Å². The Morgan fingerprint density at radius 2 is 1.86 bits per heavy atom. The molecule has 1 saturated carbocycles. The fourth-order valence-corrected chi connectivity index (χ4v) is 7.64. The summed E-state index contributed by atoms with van der Waals surface area (Å²) < 4.78 is 49.0. The number of benzene rings is 2. The molecule has 1 spiro atoms. The maximum atomic E-state index is 13.9. The molecule has 0 unspecified atom stereocenters. The lowest BCUT2D eigenvalue weighted by molar-refractivity contribution is -0.137. The smallest absolute Gasteiger partial charge is 0.407 e. The number of aromatic nitrogens is 4. The van der Waals surface area contributed by atoms with Crippen LogP contribution in [0.5, 0.6) is 5.75 Å². The lowest BCUT2D eigenvalue weighted by Gasteiger charge is -2.53. The fraction of sp³-hybridized carbons (Fsp3) is 0.412. The molecule has 4 aromatic rings. The fourth-order valence-electron chi connectivity index (χ4n) is 7.13. The number of nitrogens with zero attached hydrogens (tertiary/aromatic N) is 7. The number of carbonyl (C=O) groups is 1. The van der Waals surface area contributed by atoms with E-state index in [1.165, 1.54) is 11.0 Å². The molecule has 2 saturated heterocycles. The first kappa shape index (κ1) is 32.6. The van der Waals surface area contributed by atoms with Crippen LogP contribution in [0.2, 0.25) is 0 Å². The number of thiocarbonyl (C=S) groups is 1. The Hall–Kier alpha value is -4.97. The Morgan fingerprint density at radius 1 is 1.12 bits per heavy atom. The van der Waals surface area contributed by atoms with Crippen molar-refractivity contribution in [1.82, 2.24) is 24.5 Å². The number of nitrogens with one attached hydrogen (secondary N) is 1. The Morgan fingerprint density at radius 3 is 2.49 bits per heavy atom. The third kappa shape index (κ3) is 5.11. The van der Waals surface area contributed by atoms with Crippen LogP contribution in [0, 0.1) is 13.5 Å². The summed E-state index contributed by atoms with van der Waals surface area (Å²) in [5.74, 6) is 1.26. The number of anilines is 2. The van der Waals surface area contributed by atoms with Gasteiger partial charge in [0.2, 0.25) is 0 Å². The number of imidazole rings is 1. The zero-order valence-electron chi connectivity index (χ0n) is 27.1. The van der Waals surface area contributed by atoms with Gasteiger partial charge in [0.25, 0.3) is 11.5 Å². The number of alkyl halides is 3. The number of ether oxygens (including phenoxy) is 1. The maximum Gasteiger partial charge on any atom is 0.407 e. The van der Waals surface area contributed by atoms with Crippen molar-refractivity contribution >= 4 is 45.8 Å². The minimum absolute atomic E-state index is 0.00414. The van der Waals surface area contributed by atoms with E-state index in [9.17, 15) is 22.8 Å². The maximum absolute atomic E-state index is 13.9. The molecule has 15 heteroatoms. The van der Waals surface area contributed by atoms with E-state index in [4.69, 9.17) is 28.6 Å². The average molecular weight is 691 g/mol. The van der Waals surface area contributed by atoms with Gasteiger partial charge in [-0.05, 0) is 82.1 Å². The van der Waals surface area contributed by atoms with Gasteiger partial charge in [0.15, 0.2) is 22.1 Å². The van der Waals surface area contributed by atoms with Crippen LogP contribution in [-0.2, 0) is 17.4 Å². The third-order valence-electron chi connectivity index (χ3n) is 9.63. The van der Waals surface area contributed by atoms with Crippen LogP contribution in [0.25, 0.3) is 21.7 Å². The number of rotatable bonds is 8. The standard InChI is InChI=1S/C34H33F3N8O3S/c1-5-8-27-39-19(3)28-30(46)40-29(41-45(27)28)23-15-20(10-12-26(23)48-6-2)42-17-22(18-42)44-32(49)43(31(47)33(44)13-7-14-33)21-9-11-25(38-4)24(16-21)34(35,36)37/h9-12,15-16,22H,5-8,13-14,17-18H2,1-3H3,(H,40,41,46). The van der Waals surface area contributed by atoms with Gasteiger partial charge in [0.05, 0.1) is 36.0 Å². The molecule has 2 aliphatic heterocycles. The summed E-state index contributed by atoms with van der Waals surface area (Å²) in [6.07, 6.45) is -1.36. The lowest BCUT2D eigenvalue weighted by atomic mass is 9.74. The van der Waals surface area contributed by atoms with E-state index < -0.39 is 23.0 Å². The molecule has 2 aromatic carbocycles. The molecule has 1 aliphatic carbocycles. The molecule has 254 valence electrons. The van der Waals surface area contributed by atoms with Crippen molar-refractivity contribution in [2.24, 2.45) is 0 Å². The molecule has 3 aliphatic rings. The van der Waals surface area contributed by atoms with Crippen LogP contribution in [0.1, 0.15) is 56.6 Å². The summed E-state index contributed by atoms with van der Waals surface area (Å²) in [5, 5.41) is 4.95. The number of hydrogen-bond acceptors (Lipinski definition) is 7. The van der Waals surface area contributed by atoms with E-state index in [1.807, 2.05) is 36.9 Å². The molecule has 4 heterocycles. The SMILES string of the molecule is [C-]#[N+]c1ccc(N2C(=O)C3(CCC3)N(C3CN(c4ccc(OCC)c(-c5nn6c(CCC)nc(C)c6c(=O)[nH]5)c4)C3)C2=S)cc1C(F)(F)F. The second-order valence-electron chi connectivity index (χ2n) is 12.6. The van der Waals surface area contributed by atoms with Gasteiger partial charge in [-0.3, -0.25) is 14.5 Å². The van der Waals surface area contributed by atoms with E-state index >= 15 is 0 Å². The zero-order valence-corrected chi connectivity index (χ0v) is 27.9. The van der Waals surface area contributed by atoms with Crippen LogP contribution in [0.3, 0.4) is 0 Å². The van der Waals surface area contributed by atoms with Gasteiger partial charge in [-0.1, -0.05) is 13.0 Å². The number of halogens is 3. The largest absolute Gasteiger partial charge is 0.493 e. The van der Waals surface area contributed by atoms with Gasteiger partial charge in [0.1, 0.15) is 17.1 Å². The van der Waals surface area contributed by atoms with E-state index in [-0.39, 0.29) is 28.3 Å². The molecule has 0 atom stereocenters. The molecule has 11 nitrogen and oxygen atoms in total. The second-order valence-corrected chi connectivity index (χ2v) is 13.0. The average Bonchev–Trinajstić information content (AvgIpc) is 3.46. The molecule has 0 radical (unpaired) electrons. The van der Waals surface area contributed by atoms with Gasteiger partial charge in [-0.15, -0.1) is 5.10 Å². The highest BCUT2D eigenvalue weighted by molar-refractivity contribution is 7.80. The normalized spacial score (nSPS) is 17.5. The van der Waals surface area contributed by atoms with Crippen molar-refractivity contribution in [1.29, 1.82) is 0 Å². The first-order valence-electron chi connectivity index (χ1n) is 16.2. The molecule has 0 bridgehead atoms. The highest BCUT2D eigenvalue weighted by atomic mass is 32.1. The number of H-pyrrole nitrogens is 1. The Kier molecular flexibility index (Phi) is 7.89. The predicted octanol–water partition coefficient (Wildman–Crippen LogP) is 6.06. The zero-order chi connectivity index (χ0) is 34.8. The summed E-state index contributed by atoms with van der Waals surface area (Å²) in [6, 6.07) is 8.78. The number of fused-ring (bicyclic) bond motifs is 1. The molecule has 1 amide bonds. The minimum Gasteiger partial charge on any atom is -0.493 e. The summed E-state index contributed by atoms with van der Waals surface area (Å²) in [5.41, 5.74) is -0.387. The second kappa shape index (κ2) is 11.9. The van der Waals surface area contributed by atoms with Crippen molar-refractivity contribution in [2.45, 2.75) is 70.6 Å². The van der Waals surface area contributed by atoms with Crippen molar-refractivity contribution < 1.29 is 22.7 Å². The van der Waals surface area contributed by atoms with E-state index in [2.05, 4.69) is 19.7 Å². The lowest BCUT2D eigenvalue weighted by Crippen LogP contribution is -2.67. The topological polar surface area (TPSA) is 103 Å². The van der Waals surface area contributed by atoms with Crippen molar-refractivity contribution in [2.75, 3.05) is 29.5 Å². The molecular weight excluding hydrogens is 657 g/mol. The number of carbonyl (C=O) groups excluding carboxylic acids is 1. The summed E-state index contributed by atoms with van der Waals surface area (Å²) in [6.45, 7) is 14.3. The summed E-state index contributed by atoms with van der Waals surface area (Å²) in [7, 11) is 0. The van der Waals surface area contributed by atoms with Crippen LogP contribution in [0.4, 0.5) is 30.2 Å². The molecule has 1 N–H and O–H groups in total. The number of aryl methyl sites for hydroxylation is 2. The molecule has 2 aromatic heterocycles. The van der Waals surface area contributed by atoms with Crippen LogP contribution >= 0.6 is 12.2 Å². The van der Waals surface area contributed by atoms with Crippen molar-refractivity contribution in [3.63, 3.8) is 0 Å². The van der Waals surface area contributed by atoms with Gasteiger partial charge >= 0.3 is 6.18 Å². The van der Waals surface area contributed by atoms with Gasteiger partial charge in [-0.25, -0.2) is 14.3 Å². The minimum atomic E-state index is -4.76. The van der Waals surface area contributed by atoms with Crippen molar-refractivity contribution in [3.8, 4) is 17.1 Å². The predicted molar refractivity (Wildman–Crippen MR) is 181 cm³/mol. The van der Waals surface area contributed by atoms with Crippen molar-refractivity contribution in [3.05, 3.63) is 75.3 Å². The first-order chi connectivity index (χ1) is 23.4. The third-order valence-corrected chi connectivity index (χ3v) is 10.0. The number of aromatic amines is 1. The molecule has 7 rings (SSSR count). The molecule has 49 heavy (non-hydrogen) atoms. The highest BCUT2D eigenvalue weighted by Gasteiger charge is 2.62. The summed E-state index contributed by atoms with van der Waals surface area (Å²) in [4.78, 5) is 42.9. The van der Waals surface area contributed by atoms with Gasteiger partial charge in [0, 0.05) is 30.9 Å². The molecule has 3 fully saturated rings. The Balaban J connectivity index is 1.18.